The van der Waals surface area contributed by atoms with Gasteiger partial charge in [0.15, 0.2) is 17.4 Å². The van der Waals surface area contributed by atoms with Crippen LogP contribution >= 0.6 is 0 Å². The largest absolute Gasteiger partial charge is 0.491 e. The first-order valence-electron chi connectivity index (χ1n) is 7.73. The van der Waals surface area contributed by atoms with E-state index < -0.39 is 5.82 Å². The van der Waals surface area contributed by atoms with E-state index in [0.29, 0.717) is 17.9 Å². The molecule has 0 unspecified atom stereocenters. The van der Waals surface area contributed by atoms with Gasteiger partial charge in [-0.2, -0.15) is 4.98 Å². The van der Waals surface area contributed by atoms with Gasteiger partial charge in [-0.15, -0.1) is 5.10 Å². The quantitative estimate of drug-likeness (QED) is 0.645. The van der Waals surface area contributed by atoms with Crippen molar-refractivity contribution in [1.29, 1.82) is 0 Å². The predicted molar refractivity (Wildman–Crippen MR) is 89.4 cm³/mol. The number of carbonyl (C=O) groups excluding carboxylic acids is 1. The molecule has 0 saturated heterocycles. The highest BCUT2D eigenvalue weighted by molar-refractivity contribution is 5.89. The van der Waals surface area contributed by atoms with Gasteiger partial charge >= 0.3 is 0 Å². The Bertz CT molecular complexity index is 838. The fourth-order valence-electron chi connectivity index (χ4n) is 2.10. The van der Waals surface area contributed by atoms with Gasteiger partial charge in [0, 0.05) is 12.6 Å². The summed E-state index contributed by atoms with van der Waals surface area (Å²) in [7, 11) is 0. The maximum atomic E-state index is 13.4. The van der Waals surface area contributed by atoms with E-state index >= 15 is 0 Å². The molecule has 0 saturated carbocycles. The van der Waals surface area contributed by atoms with Gasteiger partial charge in [-0.1, -0.05) is 18.2 Å². The first-order chi connectivity index (χ1) is 12.2. The minimum Gasteiger partial charge on any atom is -0.491 e. The van der Waals surface area contributed by atoms with Crippen molar-refractivity contribution in [3.63, 3.8) is 0 Å². The average Bonchev–Trinajstić information content (AvgIpc) is 3.09. The van der Waals surface area contributed by atoms with Crippen LogP contribution in [0.5, 0.6) is 5.75 Å². The molecule has 0 atom stereocenters. The number of rotatable bonds is 7. The van der Waals surface area contributed by atoms with Crippen LogP contribution in [0.4, 0.5) is 10.3 Å². The van der Waals surface area contributed by atoms with Crippen molar-refractivity contribution in [2.45, 2.75) is 12.8 Å². The number of ether oxygens (including phenoxy) is 1. The third-order valence-corrected chi connectivity index (χ3v) is 3.29. The van der Waals surface area contributed by atoms with E-state index in [0.717, 1.165) is 0 Å². The third kappa shape index (κ3) is 4.60. The van der Waals surface area contributed by atoms with Crippen molar-refractivity contribution in [2.24, 2.45) is 0 Å². The lowest BCUT2D eigenvalue weighted by Crippen LogP contribution is -2.14. The summed E-state index contributed by atoms with van der Waals surface area (Å²) in [5.74, 6) is 0.162. The lowest BCUT2D eigenvalue weighted by Gasteiger charge is -2.06. The molecule has 128 valence electrons. The fourth-order valence-corrected chi connectivity index (χ4v) is 2.10. The lowest BCUT2D eigenvalue weighted by molar-refractivity contribution is -0.116. The summed E-state index contributed by atoms with van der Waals surface area (Å²) in [6.07, 6.45) is 2.30. The molecule has 2 heterocycles. The van der Waals surface area contributed by atoms with E-state index in [1.54, 1.807) is 36.5 Å². The van der Waals surface area contributed by atoms with E-state index in [1.807, 2.05) is 6.07 Å². The molecule has 8 heteroatoms. The Hall–Kier alpha value is -3.29. The standard InChI is InChI=1S/C17H16FN5O2/c18-12-6-1-2-8-14(12)25-11-5-9-15(24)20-17-21-16(22-23-17)13-7-3-4-10-19-13/h1-4,6-8,10H,5,9,11H2,(H2,20,21,22,23,24). The van der Waals surface area contributed by atoms with Gasteiger partial charge in [0.05, 0.1) is 6.61 Å². The molecular formula is C17H16FN5O2. The second-order valence-corrected chi connectivity index (χ2v) is 5.15. The van der Waals surface area contributed by atoms with Crippen molar-refractivity contribution < 1.29 is 13.9 Å². The van der Waals surface area contributed by atoms with Gasteiger partial charge in [0.25, 0.3) is 0 Å². The zero-order valence-corrected chi connectivity index (χ0v) is 13.3. The number of H-pyrrole nitrogens is 1. The zero-order chi connectivity index (χ0) is 17.5. The van der Waals surface area contributed by atoms with E-state index in [1.165, 1.54) is 6.07 Å². The molecule has 1 aromatic carbocycles. The zero-order valence-electron chi connectivity index (χ0n) is 13.3. The second-order valence-electron chi connectivity index (χ2n) is 5.15. The molecule has 0 aliphatic heterocycles. The molecule has 0 radical (unpaired) electrons. The summed E-state index contributed by atoms with van der Waals surface area (Å²) in [4.78, 5) is 20.2. The number of benzene rings is 1. The van der Waals surface area contributed by atoms with Crippen molar-refractivity contribution in [1.82, 2.24) is 20.2 Å². The summed E-state index contributed by atoms with van der Waals surface area (Å²) in [5, 5.41) is 9.24. The van der Waals surface area contributed by atoms with Crippen LogP contribution in [0.1, 0.15) is 12.8 Å². The number of aromatic nitrogens is 4. The molecule has 0 aliphatic rings. The molecular weight excluding hydrogens is 325 g/mol. The normalized spacial score (nSPS) is 10.4. The molecule has 2 N–H and O–H groups in total. The smallest absolute Gasteiger partial charge is 0.249 e. The SMILES string of the molecule is O=C(CCCOc1ccccc1F)Nc1n[nH]c(-c2ccccn2)n1. The van der Waals surface area contributed by atoms with E-state index in [2.05, 4.69) is 25.5 Å². The predicted octanol–water partition coefficient (Wildman–Crippen LogP) is 2.80. The summed E-state index contributed by atoms with van der Waals surface area (Å²) in [6, 6.07) is 11.6. The van der Waals surface area contributed by atoms with Gasteiger partial charge in [0.1, 0.15) is 5.69 Å². The number of nitrogens with zero attached hydrogens (tertiary/aromatic N) is 3. The van der Waals surface area contributed by atoms with Gasteiger partial charge in [-0.3, -0.25) is 20.2 Å². The highest BCUT2D eigenvalue weighted by Crippen LogP contribution is 2.16. The number of halogens is 1. The first-order valence-corrected chi connectivity index (χ1v) is 7.73. The van der Waals surface area contributed by atoms with Gasteiger partial charge in [0.2, 0.25) is 11.9 Å². The van der Waals surface area contributed by atoms with Crippen molar-refractivity contribution in [3.05, 3.63) is 54.5 Å². The van der Waals surface area contributed by atoms with E-state index in [4.69, 9.17) is 4.74 Å². The Kier molecular flexibility index (Phi) is 5.30. The van der Waals surface area contributed by atoms with Crippen LogP contribution in [0.3, 0.4) is 0 Å². The Morgan fingerprint density at radius 3 is 2.84 bits per heavy atom. The highest BCUT2D eigenvalue weighted by atomic mass is 19.1. The second kappa shape index (κ2) is 8.00. The Morgan fingerprint density at radius 1 is 1.20 bits per heavy atom. The van der Waals surface area contributed by atoms with Crippen molar-refractivity contribution >= 4 is 11.9 Å². The number of aromatic amines is 1. The molecule has 3 rings (SSSR count). The van der Waals surface area contributed by atoms with Crippen LogP contribution in [0.2, 0.25) is 0 Å². The monoisotopic (exact) mass is 341 g/mol. The van der Waals surface area contributed by atoms with Crippen LogP contribution in [-0.2, 0) is 4.79 Å². The van der Waals surface area contributed by atoms with Gasteiger partial charge < -0.3 is 4.74 Å². The van der Waals surface area contributed by atoms with E-state index in [9.17, 15) is 9.18 Å². The molecule has 1 amide bonds. The summed E-state index contributed by atoms with van der Waals surface area (Å²) >= 11 is 0. The third-order valence-electron chi connectivity index (χ3n) is 3.29. The molecule has 25 heavy (non-hydrogen) atoms. The molecule has 2 aromatic heterocycles. The maximum Gasteiger partial charge on any atom is 0.249 e. The summed E-state index contributed by atoms with van der Waals surface area (Å²) < 4.78 is 18.7. The van der Waals surface area contributed by atoms with E-state index in [-0.39, 0.29) is 30.6 Å². The van der Waals surface area contributed by atoms with Crippen LogP contribution in [0.15, 0.2) is 48.7 Å². The van der Waals surface area contributed by atoms with Crippen LogP contribution in [0.25, 0.3) is 11.5 Å². The van der Waals surface area contributed by atoms with Gasteiger partial charge in [-0.25, -0.2) is 4.39 Å². The minimum absolute atomic E-state index is 0.178. The molecule has 7 nitrogen and oxygen atoms in total. The Balaban J connectivity index is 1.44. The van der Waals surface area contributed by atoms with Crippen LogP contribution in [-0.4, -0.2) is 32.7 Å². The number of anilines is 1. The minimum atomic E-state index is -0.422. The number of carbonyl (C=O) groups is 1. The molecule has 0 bridgehead atoms. The highest BCUT2D eigenvalue weighted by Gasteiger charge is 2.09. The lowest BCUT2D eigenvalue weighted by atomic mass is 10.3. The summed E-state index contributed by atoms with van der Waals surface area (Å²) in [6.45, 7) is 0.238. The number of hydrogen-bond donors (Lipinski definition) is 2. The fraction of sp³-hybridized carbons (Fsp3) is 0.176. The topological polar surface area (TPSA) is 92.8 Å². The Morgan fingerprint density at radius 2 is 2.04 bits per heavy atom. The van der Waals surface area contributed by atoms with Crippen molar-refractivity contribution in [2.75, 3.05) is 11.9 Å². The molecule has 0 spiro atoms. The summed E-state index contributed by atoms with van der Waals surface area (Å²) in [5.41, 5.74) is 0.633. The maximum absolute atomic E-state index is 13.4. The molecule has 0 aliphatic carbocycles. The number of amides is 1. The van der Waals surface area contributed by atoms with Crippen LogP contribution in [0, 0.1) is 5.82 Å². The van der Waals surface area contributed by atoms with Crippen molar-refractivity contribution in [3.8, 4) is 17.3 Å². The number of para-hydroxylation sites is 1. The Labute approximate surface area is 143 Å². The number of pyridine rings is 1. The first kappa shape index (κ1) is 16.6. The molecule has 3 aromatic rings. The van der Waals surface area contributed by atoms with Crippen LogP contribution < -0.4 is 10.1 Å². The number of hydrogen-bond acceptors (Lipinski definition) is 5. The van der Waals surface area contributed by atoms with Gasteiger partial charge in [-0.05, 0) is 30.7 Å². The number of nitrogens with one attached hydrogen (secondary N) is 2. The average molecular weight is 341 g/mol. The molecule has 0 fully saturated rings.